The fourth-order valence-corrected chi connectivity index (χ4v) is 6.13. The molecular weight excluding hydrogens is 434 g/mol. The van der Waals surface area contributed by atoms with Gasteiger partial charge in [-0.3, -0.25) is 9.36 Å². The molecule has 8 nitrogen and oxygen atoms in total. The Morgan fingerprint density at radius 3 is 2.39 bits per heavy atom. The topological polar surface area (TPSA) is 91.8 Å². The molecule has 0 aromatic carbocycles. The standard InChI is InChI=1S/C24H33N7OS/c1-16-17(2)30(18-8-4-3-5-9-18)22(20(16)14-25)26-21(32)15-33-24-28-27-23(29-12-6-7-13-29)31(24)19-10-11-19/h18-19H,3-13,15H2,1-2H3,(H,26,32). The monoisotopic (exact) mass is 467 g/mol. The summed E-state index contributed by atoms with van der Waals surface area (Å²) in [5.41, 5.74) is 2.65. The minimum atomic E-state index is -0.0980. The van der Waals surface area contributed by atoms with Crippen LogP contribution in [0.15, 0.2) is 5.16 Å². The number of hydrogen-bond acceptors (Lipinski definition) is 6. The van der Waals surface area contributed by atoms with Crippen LogP contribution >= 0.6 is 11.8 Å². The zero-order valence-electron chi connectivity index (χ0n) is 19.6. The molecular formula is C24H33N7OS. The van der Waals surface area contributed by atoms with E-state index in [2.05, 4.69) is 42.5 Å². The van der Waals surface area contributed by atoms with Crippen LogP contribution in [0.3, 0.4) is 0 Å². The summed E-state index contributed by atoms with van der Waals surface area (Å²) in [4.78, 5) is 15.4. The van der Waals surface area contributed by atoms with Crippen molar-refractivity contribution in [2.75, 3.05) is 29.1 Å². The first kappa shape index (κ1) is 22.3. The first-order valence-corrected chi connectivity index (χ1v) is 13.3. The third kappa shape index (κ3) is 4.37. The second-order valence-corrected chi connectivity index (χ2v) is 10.6. The van der Waals surface area contributed by atoms with Gasteiger partial charge in [0.15, 0.2) is 5.16 Å². The molecule has 0 atom stereocenters. The Labute approximate surface area is 199 Å². The van der Waals surface area contributed by atoms with Crippen LogP contribution in [0.1, 0.15) is 86.7 Å². The third-order valence-corrected chi connectivity index (χ3v) is 8.29. The van der Waals surface area contributed by atoms with Crippen molar-refractivity contribution in [1.82, 2.24) is 19.3 Å². The lowest BCUT2D eigenvalue weighted by Crippen LogP contribution is -2.23. The minimum Gasteiger partial charge on any atom is -0.341 e. The van der Waals surface area contributed by atoms with E-state index in [9.17, 15) is 10.1 Å². The second kappa shape index (κ2) is 9.41. The molecule has 176 valence electrons. The van der Waals surface area contributed by atoms with E-state index in [1.807, 2.05) is 6.92 Å². The maximum absolute atomic E-state index is 13.0. The fraction of sp³-hybridized carbons (Fsp3) is 0.667. The SMILES string of the molecule is Cc1c(C#N)c(NC(=O)CSc2nnc(N3CCCC3)n2C2CC2)n(C2CCCCC2)c1C. The average molecular weight is 468 g/mol. The van der Waals surface area contributed by atoms with Crippen molar-refractivity contribution in [3.8, 4) is 6.07 Å². The zero-order valence-corrected chi connectivity index (χ0v) is 20.5. The van der Waals surface area contributed by atoms with Crippen LogP contribution < -0.4 is 10.2 Å². The molecule has 2 aliphatic carbocycles. The number of nitriles is 1. The molecule has 1 saturated heterocycles. The maximum atomic E-state index is 13.0. The maximum Gasteiger partial charge on any atom is 0.235 e. The highest BCUT2D eigenvalue weighted by Crippen LogP contribution is 2.41. The average Bonchev–Trinajstić information content (AvgIpc) is 3.25. The van der Waals surface area contributed by atoms with Crippen LogP contribution in [-0.4, -0.2) is 44.1 Å². The normalized spacial score (nSPS) is 19.1. The molecule has 2 aromatic rings. The number of amides is 1. The first-order chi connectivity index (χ1) is 16.1. The quantitative estimate of drug-likeness (QED) is 0.592. The van der Waals surface area contributed by atoms with Crippen LogP contribution in [0.4, 0.5) is 11.8 Å². The molecule has 0 unspecified atom stereocenters. The van der Waals surface area contributed by atoms with Crippen molar-refractivity contribution >= 4 is 29.4 Å². The predicted octanol–water partition coefficient (Wildman–Crippen LogP) is 4.74. The van der Waals surface area contributed by atoms with Crippen molar-refractivity contribution < 1.29 is 4.79 Å². The summed E-state index contributed by atoms with van der Waals surface area (Å²) in [7, 11) is 0. The Morgan fingerprint density at radius 1 is 1.03 bits per heavy atom. The van der Waals surface area contributed by atoms with Crippen molar-refractivity contribution in [1.29, 1.82) is 5.26 Å². The van der Waals surface area contributed by atoms with Gasteiger partial charge in [-0.25, -0.2) is 0 Å². The molecule has 3 aliphatic rings. The molecule has 33 heavy (non-hydrogen) atoms. The van der Waals surface area contributed by atoms with E-state index >= 15 is 0 Å². The largest absolute Gasteiger partial charge is 0.341 e. The molecule has 1 aliphatic heterocycles. The summed E-state index contributed by atoms with van der Waals surface area (Å²) < 4.78 is 4.46. The molecule has 0 radical (unpaired) electrons. The summed E-state index contributed by atoms with van der Waals surface area (Å²) in [6.45, 7) is 6.11. The Kier molecular flexibility index (Phi) is 6.37. The molecule has 1 N–H and O–H groups in total. The van der Waals surface area contributed by atoms with Gasteiger partial charge in [-0.05, 0) is 57.9 Å². The number of carbonyl (C=O) groups is 1. The summed E-state index contributed by atoms with van der Waals surface area (Å²) >= 11 is 1.45. The van der Waals surface area contributed by atoms with Gasteiger partial charge in [-0.15, -0.1) is 10.2 Å². The lowest BCUT2D eigenvalue weighted by Gasteiger charge is -2.27. The van der Waals surface area contributed by atoms with E-state index in [1.54, 1.807) is 0 Å². The highest BCUT2D eigenvalue weighted by molar-refractivity contribution is 7.99. The van der Waals surface area contributed by atoms with E-state index < -0.39 is 0 Å². The van der Waals surface area contributed by atoms with Gasteiger partial charge in [0.05, 0.1) is 11.3 Å². The molecule has 9 heteroatoms. The van der Waals surface area contributed by atoms with Crippen molar-refractivity contribution in [2.45, 2.75) is 88.9 Å². The van der Waals surface area contributed by atoms with Crippen LogP contribution in [0.5, 0.6) is 0 Å². The number of thioether (sulfide) groups is 1. The van der Waals surface area contributed by atoms with Gasteiger partial charge in [0.2, 0.25) is 11.9 Å². The number of aromatic nitrogens is 4. The zero-order chi connectivity index (χ0) is 22.9. The number of nitrogens with zero attached hydrogens (tertiary/aromatic N) is 6. The van der Waals surface area contributed by atoms with Gasteiger partial charge < -0.3 is 14.8 Å². The summed E-state index contributed by atoms with van der Waals surface area (Å²) in [6, 6.07) is 3.14. The third-order valence-electron chi connectivity index (χ3n) is 7.35. The van der Waals surface area contributed by atoms with E-state index in [4.69, 9.17) is 0 Å². The summed E-state index contributed by atoms with van der Waals surface area (Å²) in [5.74, 6) is 1.79. The lowest BCUT2D eigenvalue weighted by molar-refractivity contribution is -0.113. The molecule has 0 bridgehead atoms. The Morgan fingerprint density at radius 2 is 1.73 bits per heavy atom. The van der Waals surface area contributed by atoms with Crippen LogP contribution in [0.25, 0.3) is 0 Å². The lowest BCUT2D eigenvalue weighted by atomic mass is 9.95. The smallest absolute Gasteiger partial charge is 0.235 e. The van der Waals surface area contributed by atoms with Gasteiger partial charge in [-0.1, -0.05) is 31.0 Å². The van der Waals surface area contributed by atoms with Gasteiger partial charge in [0.1, 0.15) is 11.9 Å². The van der Waals surface area contributed by atoms with Crippen LogP contribution in [0, 0.1) is 25.2 Å². The van der Waals surface area contributed by atoms with Gasteiger partial charge in [0, 0.05) is 30.9 Å². The highest BCUT2D eigenvalue weighted by atomic mass is 32.2. The van der Waals surface area contributed by atoms with E-state index in [1.165, 1.54) is 43.9 Å². The van der Waals surface area contributed by atoms with Crippen molar-refractivity contribution in [3.63, 3.8) is 0 Å². The van der Waals surface area contributed by atoms with E-state index in [0.717, 1.165) is 61.1 Å². The molecule has 5 rings (SSSR count). The van der Waals surface area contributed by atoms with E-state index in [-0.39, 0.29) is 11.7 Å². The molecule has 3 fully saturated rings. The van der Waals surface area contributed by atoms with Gasteiger partial charge in [-0.2, -0.15) is 5.26 Å². The Balaban J connectivity index is 1.32. The summed E-state index contributed by atoms with van der Waals surface area (Å²) in [5, 5.41) is 22.7. The molecule has 1 amide bonds. The van der Waals surface area contributed by atoms with Gasteiger partial charge in [0.25, 0.3) is 0 Å². The number of anilines is 2. The Bertz CT molecular complexity index is 1070. The van der Waals surface area contributed by atoms with Crippen molar-refractivity contribution in [3.05, 3.63) is 16.8 Å². The Hall–Kier alpha value is -2.47. The second-order valence-electron chi connectivity index (χ2n) is 9.62. The number of carbonyl (C=O) groups excluding carboxylic acids is 1. The molecule has 2 aromatic heterocycles. The highest BCUT2D eigenvalue weighted by Gasteiger charge is 2.33. The fourth-order valence-electron chi connectivity index (χ4n) is 5.33. The molecule has 0 spiro atoms. The number of nitrogens with one attached hydrogen (secondary N) is 1. The molecule has 2 saturated carbocycles. The van der Waals surface area contributed by atoms with Crippen LogP contribution in [0.2, 0.25) is 0 Å². The van der Waals surface area contributed by atoms with E-state index in [0.29, 0.717) is 23.5 Å². The predicted molar refractivity (Wildman–Crippen MR) is 130 cm³/mol. The summed E-state index contributed by atoms with van der Waals surface area (Å²) in [6.07, 6.45) is 10.6. The first-order valence-electron chi connectivity index (χ1n) is 12.3. The minimum absolute atomic E-state index is 0.0980. The molecule has 3 heterocycles. The number of hydrogen-bond donors (Lipinski definition) is 1. The van der Waals surface area contributed by atoms with Gasteiger partial charge >= 0.3 is 0 Å². The van der Waals surface area contributed by atoms with Crippen LogP contribution in [-0.2, 0) is 4.79 Å². The van der Waals surface area contributed by atoms with Crippen molar-refractivity contribution in [2.24, 2.45) is 0 Å². The number of rotatable bonds is 7.